The lowest BCUT2D eigenvalue weighted by Crippen LogP contribution is -2.34. The van der Waals surface area contributed by atoms with Crippen molar-refractivity contribution in [1.82, 2.24) is 9.36 Å². The van der Waals surface area contributed by atoms with Crippen molar-refractivity contribution in [3.05, 3.63) is 5.82 Å². The lowest BCUT2D eigenvalue weighted by molar-refractivity contribution is 0.562. The molecule has 84 valence electrons. The van der Waals surface area contributed by atoms with E-state index in [0.717, 1.165) is 23.8 Å². The van der Waals surface area contributed by atoms with Crippen molar-refractivity contribution < 1.29 is 8.42 Å². The molecule has 1 aromatic heterocycles. The summed E-state index contributed by atoms with van der Waals surface area (Å²) in [5.41, 5.74) is 0. The van der Waals surface area contributed by atoms with Gasteiger partial charge in [0.25, 0.3) is 0 Å². The first-order valence-corrected chi connectivity index (χ1v) is 7.42. The Morgan fingerprint density at radius 3 is 2.93 bits per heavy atom. The van der Waals surface area contributed by atoms with E-state index in [1.54, 1.807) is 0 Å². The summed E-state index contributed by atoms with van der Waals surface area (Å²) >= 11 is 1.28. The first-order valence-electron chi connectivity index (χ1n) is 4.82. The molecule has 1 saturated heterocycles. The van der Waals surface area contributed by atoms with Gasteiger partial charge in [0.1, 0.15) is 5.82 Å². The van der Waals surface area contributed by atoms with Crippen molar-refractivity contribution in [3.8, 4) is 0 Å². The molecule has 1 N–H and O–H groups in total. The van der Waals surface area contributed by atoms with Gasteiger partial charge in [0.2, 0.25) is 5.13 Å². The lowest BCUT2D eigenvalue weighted by atomic mass is 10.2. The average molecular weight is 247 g/mol. The number of rotatable bonds is 2. The molecule has 0 amide bonds. The summed E-state index contributed by atoms with van der Waals surface area (Å²) in [7, 11) is -2.85. The Balaban J connectivity index is 2.01. The van der Waals surface area contributed by atoms with Crippen molar-refractivity contribution in [2.24, 2.45) is 0 Å². The van der Waals surface area contributed by atoms with Gasteiger partial charge in [-0.05, 0) is 19.8 Å². The van der Waals surface area contributed by atoms with E-state index in [4.69, 9.17) is 0 Å². The average Bonchev–Trinajstić information content (AvgIpc) is 2.49. The molecule has 2 heterocycles. The fraction of sp³-hybridized carbons (Fsp3) is 0.750. The molecule has 5 nitrogen and oxygen atoms in total. The van der Waals surface area contributed by atoms with E-state index in [1.807, 2.05) is 6.92 Å². The van der Waals surface area contributed by atoms with E-state index in [2.05, 4.69) is 14.7 Å². The normalized spacial score (nSPS) is 25.0. The van der Waals surface area contributed by atoms with Gasteiger partial charge < -0.3 is 5.32 Å². The zero-order chi connectivity index (χ0) is 10.9. The Bertz CT molecular complexity index is 440. The van der Waals surface area contributed by atoms with Gasteiger partial charge in [-0.2, -0.15) is 4.37 Å². The minimum absolute atomic E-state index is 0.00361. The second-order valence-corrected chi connectivity index (χ2v) is 6.73. The first-order chi connectivity index (χ1) is 7.05. The minimum Gasteiger partial charge on any atom is -0.357 e. The molecule has 1 aromatic rings. The highest BCUT2D eigenvalue weighted by atomic mass is 32.2. The van der Waals surface area contributed by atoms with Crippen LogP contribution in [0.2, 0.25) is 0 Å². The molecule has 0 spiro atoms. The van der Waals surface area contributed by atoms with Crippen LogP contribution in [-0.4, -0.2) is 35.3 Å². The summed E-state index contributed by atoms with van der Waals surface area (Å²) in [5, 5.41) is 3.84. The molecule has 1 unspecified atom stereocenters. The van der Waals surface area contributed by atoms with E-state index in [-0.39, 0.29) is 11.8 Å². The summed E-state index contributed by atoms with van der Waals surface area (Å²) in [6.45, 7) is 1.82. The Kier molecular flexibility index (Phi) is 2.92. The van der Waals surface area contributed by atoms with Gasteiger partial charge in [-0.15, -0.1) is 0 Å². The number of sulfone groups is 1. The van der Waals surface area contributed by atoms with Crippen molar-refractivity contribution in [1.29, 1.82) is 0 Å². The summed E-state index contributed by atoms with van der Waals surface area (Å²) < 4.78 is 26.8. The second kappa shape index (κ2) is 4.05. The maximum Gasteiger partial charge on any atom is 0.202 e. The molecular weight excluding hydrogens is 234 g/mol. The topological polar surface area (TPSA) is 72.0 Å². The summed E-state index contributed by atoms with van der Waals surface area (Å²) in [6, 6.07) is -0.00361. The van der Waals surface area contributed by atoms with Gasteiger partial charge >= 0.3 is 0 Å². The van der Waals surface area contributed by atoms with Gasteiger partial charge in [-0.25, -0.2) is 13.4 Å². The molecule has 15 heavy (non-hydrogen) atoms. The van der Waals surface area contributed by atoms with E-state index in [1.165, 1.54) is 11.5 Å². The largest absolute Gasteiger partial charge is 0.357 e. The highest BCUT2D eigenvalue weighted by Crippen LogP contribution is 2.18. The molecule has 0 aliphatic carbocycles. The zero-order valence-corrected chi connectivity index (χ0v) is 10.1. The number of hydrogen-bond acceptors (Lipinski definition) is 6. The van der Waals surface area contributed by atoms with Crippen LogP contribution in [0.1, 0.15) is 18.7 Å². The van der Waals surface area contributed by atoms with Gasteiger partial charge in [0.05, 0.1) is 11.5 Å². The third kappa shape index (κ3) is 2.88. The SMILES string of the molecule is Cc1nsc(NC2CCCS(=O)(=O)C2)n1. The highest BCUT2D eigenvalue weighted by molar-refractivity contribution is 7.91. The number of aryl methyl sites for hydroxylation is 1. The summed E-state index contributed by atoms with van der Waals surface area (Å²) in [6.07, 6.45) is 1.62. The van der Waals surface area contributed by atoms with Crippen molar-refractivity contribution in [3.63, 3.8) is 0 Å². The third-order valence-electron chi connectivity index (χ3n) is 2.32. The van der Waals surface area contributed by atoms with E-state index < -0.39 is 9.84 Å². The van der Waals surface area contributed by atoms with Crippen LogP contribution in [0.25, 0.3) is 0 Å². The molecule has 2 rings (SSSR count). The van der Waals surface area contributed by atoms with E-state index in [9.17, 15) is 8.42 Å². The molecule has 7 heteroatoms. The quantitative estimate of drug-likeness (QED) is 0.838. The van der Waals surface area contributed by atoms with Gasteiger partial charge in [0, 0.05) is 17.6 Å². The van der Waals surface area contributed by atoms with Crippen LogP contribution in [-0.2, 0) is 9.84 Å². The Labute approximate surface area is 93.0 Å². The van der Waals surface area contributed by atoms with Crippen LogP contribution in [0.5, 0.6) is 0 Å². The number of anilines is 1. The molecule has 1 aliphatic heterocycles. The van der Waals surface area contributed by atoms with Gasteiger partial charge in [-0.1, -0.05) is 0 Å². The third-order valence-corrected chi connectivity index (χ3v) is 4.88. The summed E-state index contributed by atoms with van der Waals surface area (Å²) in [5.74, 6) is 1.26. The predicted octanol–water partition coefficient (Wildman–Crippen LogP) is 0.836. The fourth-order valence-corrected chi connectivity index (χ4v) is 3.95. The molecule has 1 atom stereocenters. The van der Waals surface area contributed by atoms with Crippen LogP contribution in [0.4, 0.5) is 5.13 Å². The highest BCUT2D eigenvalue weighted by Gasteiger charge is 2.25. The standard InChI is InChI=1S/C8H13N3O2S2/c1-6-9-8(14-11-6)10-7-3-2-4-15(12,13)5-7/h7H,2-5H2,1H3,(H,9,10,11). The fourth-order valence-electron chi connectivity index (χ4n) is 1.67. The molecular formula is C8H13N3O2S2. The van der Waals surface area contributed by atoms with Crippen LogP contribution < -0.4 is 5.32 Å². The van der Waals surface area contributed by atoms with Crippen LogP contribution in [0.15, 0.2) is 0 Å². The summed E-state index contributed by atoms with van der Waals surface area (Å²) in [4.78, 5) is 4.15. The predicted molar refractivity (Wildman–Crippen MR) is 59.9 cm³/mol. The Morgan fingerprint density at radius 2 is 2.33 bits per heavy atom. The van der Waals surface area contributed by atoms with Crippen molar-refractivity contribution >= 4 is 26.5 Å². The molecule has 1 aliphatic rings. The number of hydrogen-bond donors (Lipinski definition) is 1. The van der Waals surface area contributed by atoms with Crippen LogP contribution in [0.3, 0.4) is 0 Å². The van der Waals surface area contributed by atoms with Crippen LogP contribution >= 0.6 is 11.5 Å². The molecule has 0 saturated carbocycles. The number of aromatic nitrogens is 2. The maximum atomic E-state index is 11.4. The minimum atomic E-state index is -2.85. The van der Waals surface area contributed by atoms with Gasteiger partial charge in [-0.3, -0.25) is 0 Å². The molecule has 0 radical (unpaired) electrons. The smallest absolute Gasteiger partial charge is 0.202 e. The van der Waals surface area contributed by atoms with Crippen molar-refractivity contribution in [2.45, 2.75) is 25.8 Å². The van der Waals surface area contributed by atoms with Crippen LogP contribution in [0, 0.1) is 6.92 Å². The second-order valence-electron chi connectivity index (χ2n) is 3.74. The number of nitrogens with one attached hydrogen (secondary N) is 1. The zero-order valence-electron chi connectivity index (χ0n) is 8.43. The van der Waals surface area contributed by atoms with E-state index in [0.29, 0.717) is 5.75 Å². The Morgan fingerprint density at radius 1 is 1.53 bits per heavy atom. The first kappa shape index (κ1) is 10.8. The number of nitrogens with zero attached hydrogens (tertiary/aromatic N) is 2. The van der Waals surface area contributed by atoms with E-state index >= 15 is 0 Å². The van der Waals surface area contributed by atoms with Gasteiger partial charge in [0.15, 0.2) is 9.84 Å². The molecule has 1 fully saturated rings. The molecule has 0 aromatic carbocycles. The lowest BCUT2D eigenvalue weighted by Gasteiger charge is -2.22. The molecule has 0 bridgehead atoms. The maximum absolute atomic E-state index is 11.4. The Hall–Kier alpha value is -0.690. The monoisotopic (exact) mass is 247 g/mol. The van der Waals surface area contributed by atoms with Crippen molar-refractivity contribution in [2.75, 3.05) is 16.8 Å².